The highest BCUT2D eigenvalue weighted by Gasteiger charge is 2.40. The van der Waals surface area contributed by atoms with Crippen LogP contribution >= 0.6 is 0 Å². The van der Waals surface area contributed by atoms with E-state index in [2.05, 4.69) is 60.7 Å². The lowest BCUT2D eigenvalue weighted by Crippen LogP contribution is -2.53. The molecule has 0 heterocycles. The van der Waals surface area contributed by atoms with Gasteiger partial charge in [-0.25, -0.2) is 0 Å². The minimum atomic E-state index is 0.516. The molecule has 3 saturated carbocycles. The molecule has 3 aliphatic rings. The number of hydrogen-bond acceptors (Lipinski definition) is 1. The first-order valence-corrected chi connectivity index (χ1v) is 15.0. The SMILES string of the molecule is CC(C)C1CCCC(C(C)C)C1NC(=NC1C(C(C)C)CCC[C@H]1C(C)C)C1CCCCC1. The minimum Gasteiger partial charge on any atom is -0.370 e. The maximum atomic E-state index is 5.85. The molecule has 0 aromatic rings. The third-order valence-electron chi connectivity index (χ3n) is 9.97. The molecule has 0 bridgehead atoms. The third kappa shape index (κ3) is 6.78. The van der Waals surface area contributed by atoms with E-state index in [0.717, 1.165) is 47.3 Å². The third-order valence-corrected chi connectivity index (χ3v) is 9.97. The Bertz CT molecular complexity index is 566. The summed E-state index contributed by atoms with van der Waals surface area (Å²) in [5.41, 5.74) is 0. The molecule has 192 valence electrons. The molecule has 3 rings (SSSR count). The molecule has 0 aromatic heterocycles. The summed E-state index contributed by atoms with van der Waals surface area (Å²) < 4.78 is 0. The molecular weight excluding hydrogens is 400 g/mol. The van der Waals surface area contributed by atoms with Gasteiger partial charge >= 0.3 is 0 Å². The maximum Gasteiger partial charge on any atom is 0.1000 e. The van der Waals surface area contributed by atoms with Crippen molar-refractivity contribution in [2.45, 2.75) is 138 Å². The fourth-order valence-electron chi connectivity index (χ4n) is 7.84. The fraction of sp³-hybridized carbons (Fsp3) is 0.968. The monoisotopic (exact) mass is 458 g/mol. The second-order valence-electron chi connectivity index (χ2n) is 13.5. The molecule has 0 aliphatic heterocycles. The van der Waals surface area contributed by atoms with Crippen molar-refractivity contribution >= 4 is 5.84 Å². The Hall–Kier alpha value is -0.530. The number of nitrogens with one attached hydrogen (secondary N) is 1. The van der Waals surface area contributed by atoms with Gasteiger partial charge in [0.25, 0.3) is 0 Å². The molecule has 2 heteroatoms. The molecule has 0 aromatic carbocycles. The van der Waals surface area contributed by atoms with E-state index in [1.165, 1.54) is 76.5 Å². The largest absolute Gasteiger partial charge is 0.370 e. The van der Waals surface area contributed by atoms with Gasteiger partial charge in [-0.3, -0.25) is 4.99 Å². The van der Waals surface area contributed by atoms with Gasteiger partial charge in [0.2, 0.25) is 0 Å². The van der Waals surface area contributed by atoms with Gasteiger partial charge in [-0.15, -0.1) is 0 Å². The van der Waals surface area contributed by atoms with Crippen LogP contribution in [0.4, 0.5) is 0 Å². The van der Waals surface area contributed by atoms with Crippen molar-refractivity contribution in [3.63, 3.8) is 0 Å². The lowest BCUT2D eigenvalue weighted by atomic mass is 9.68. The lowest BCUT2D eigenvalue weighted by Gasteiger charge is -2.45. The summed E-state index contributed by atoms with van der Waals surface area (Å²) >= 11 is 0. The van der Waals surface area contributed by atoms with Crippen molar-refractivity contribution in [3.8, 4) is 0 Å². The summed E-state index contributed by atoms with van der Waals surface area (Å²) in [6.07, 6.45) is 15.2. The van der Waals surface area contributed by atoms with Gasteiger partial charge in [0.05, 0.1) is 11.9 Å². The van der Waals surface area contributed by atoms with Gasteiger partial charge in [0.1, 0.15) is 0 Å². The van der Waals surface area contributed by atoms with Crippen LogP contribution in [0.25, 0.3) is 0 Å². The lowest BCUT2D eigenvalue weighted by molar-refractivity contribution is 0.123. The van der Waals surface area contributed by atoms with Crippen LogP contribution in [0.5, 0.6) is 0 Å². The van der Waals surface area contributed by atoms with E-state index in [1.807, 2.05) is 0 Å². The smallest absolute Gasteiger partial charge is 0.1000 e. The van der Waals surface area contributed by atoms with E-state index < -0.39 is 0 Å². The number of rotatable bonds is 7. The highest BCUT2D eigenvalue weighted by atomic mass is 15.1. The van der Waals surface area contributed by atoms with E-state index in [9.17, 15) is 0 Å². The second-order valence-corrected chi connectivity index (χ2v) is 13.5. The van der Waals surface area contributed by atoms with E-state index in [4.69, 9.17) is 4.99 Å². The van der Waals surface area contributed by atoms with Crippen LogP contribution in [0.2, 0.25) is 0 Å². The van der Waals surface area contributed by atoms with E-state index in [0.29, 0.717) is 18.0 Å². The number of amidine groups is 1. The van der Waals surface area contributed by atoms with Crippen molar-refractivity contribution in [2.24, 2.45) is 58.3 Å². The Morgan fingerprint density at radius 3 is 1.39 bits per heavy atom. The minimum absolute atomic E-state index is 0.516. The summed E-state index contributed by atoms with van der Waals surface area (Å²) in [4.78, 5) is 5.85. The zero-order valence-electron chi connectivity index (χ0n) is 23.6. The summed E-state index contributed by atoms with van der Waals surface area (Å²) in [5.74, 6) is 8.14. The molecule has 3 aliphatic carbocycles. The number of nitrogens with zero attached hydrogens (tertiary/aromatic N) is 1. The van der Waals surface area contributed by atoms with Crippen LogP contribution < -0.4 is 5.32 Å². The molecule has 2 nitrogen and oxygen atoms in total. The van der Waals surface area contributed by atoms with Crippen LogP contribution in [0.15, 0.2) is 4.99 Å². The van der Waals surface area contributed by atoms with Crippen molar-refractivity contribution in [1.82, 2.24) is 5.32 Å². The Morgan fingerprint density at radius 2 is 0.970 bits per heavy atom. The first-order valence-electron chi connectivity index (χ1n) is 15.0. The number of hydrogen-bond donors (Lipinski definition) is 1. The molecule has 0 amide bonds. The maximum absolute atomic E-state index is 5.85. The molecular formula is C31H58N2. The van der Waals surface area contributed by atoms with E-state index >= 15 is 0 Å². The molecule has 4 unspecified atom stereocenters. The summed E-state index contributed by atoms with van der Waals surface area (Å²) in [6, 6.07) is 1.12. The second kappa shape index (κ2) is 12.4. The highest BCUT2D eigenvalue weighted by Crippen LogP contribution is 2.42. The van der Waals surface area contributed by atoms with E-state index in [1.54, 1.807) is 0 Å². The van der Waals surface area contributed by atoms with Crippen molar-refractivity contribution < 1.29 is 0 Å². The van der Waals surface area contributed by atoms with Crippen molar-refractivity contribution in [2.75, 3.05) is 0 Å². The predicted octanol–water partition coefficient (Wildman–Crippen LogP) is 8.75. The molecule has 3 fully saturated rings. The van der Waals surface area contributed by atoms with Gasteiger partial charge in [-0.05, 0) is 85.9 Å². The molecule has 0 saturated heterocycles. The van der Waals surface area contributed by atoms with Crippen LogP contribution in [0, 0.1) is 53.3 Å². The Kier molecular flexibility index (Phi) is 10.2. The molecule has 5 atom stereocenters. The number of aliphatic imine (C=N–C) groups is 1. The summed E-state index contributed by atoms with van der Waals surface area (Å²) in [6.45, 7) is 19.7. The van der Waals surface area contributed by atoms with Crippen LogP contribution in [-0.2, 0) is 0 Å². The van der Waals surface area contributed by atoms with Crippen molar-refractivity contribution in [1.29, 1.82) is 0 Å². The van der Waals surface area contributed by atoms with Gasteiger partial charge in [0, 0.05) is 12.0 Å². The quantitative estimate of drug-likeness (QED) is 0.299. The molecule has 0 radical (unpaired) electrons. The summed E-state index contributed by atoms with van der Waals surface area (Å²) in [5, 5.41) is 4.30. The fourth-order valence-corrected chi connectivity index (χ4v) is 7.84. The normalized spacial score (nSPS) is 35.1. The van der Waals surface area contributed by atoms with Crippen molar-refractivity contribution in [3.05, 3.63) is 0 Å². The predicted molar refractivity (Wildman–Crippen MR) is 146 cm³/mol. The van der Waals surface area contributed by atoms with Gasteiger partial charge in [-0.2, -0.15) is 0 Å². The van der Waals surface area contributed by atoms with E-state index in [-0.39, 0.29) is 0 Å². The average molecular weight is 459 g/mol. The van der Waals surface area contributed by atoms with Gasteiger partial charge in [0.15, 0.2) is 0 Å². The molecule has 33 heavy (non-hydrogen) atoms. The van der Waals surface area contributed by atoms with Crippen LogP contribution in [-0.4, -0.2) is 17.9 Å². The topological polar surface area (TPSA) is 24.4 Å². The molecule has 1 N–H and O–H groups in total. The zero-order valence-corrected chi connectivity index (χ0v) is 23.6. The Morgan fingerprint density at radius 1 is 0.545 bits per heavy atom. The van der Waals surface area contributed by atoms with Gasteiger partial charge < -0.3 is 5.32 Å². The summed E-state index contributed by atoms with van der Waals surface area (Å²) in [7, 11) is 0. The standard InChI is InChI=1S/C31H58N2/c1-20(2)25-16-12-17-26(21(3)4)29(25)32-31(24-14-10-9-11-15-24)33-30-27(22(5)6)18-13-19-28(30)23(7)8/h20-30H,9-19H2,1-8H3,(H,32,33)/t25-,26?,27?,28?,29?,30?/m0/s1. The van der Waals surface area contributed by atoms with Crippen LogP contribution in [0.3, 0.4) is 0 Å². The first-order chi connectivity index (χ1) is 15.7. The first kappa shape index (κ1) is 27.1. The van der Waals surface area contributed by atoms with Crippen LogP contribution in [0.1, 0.15) is 126 Å². The average Bonchev–Trinajstić information content (AvgIpc) is 2.78. The zero-order chi connectivity index (χ0) is 24.1. The van der Waals surface area contributed by atoms with Gasteiger partial charge in [-0.1, -0.05) is 87.5 Å². The highest BCUT2D eigenvalue weighted by molar-refractivity contribution is 5.85. The Balaban J connectivity index is 1.98. The Labute approximate surface area is 207 Å². The molecule has 0 spiro atoms.